The SMILES string of the molecule is CCC.Cc1cccc(CNC(=O)CNC(=O)c2ccc(-c3ccccc3)cc2)c1. The highest BCUT2D eigenvalue weighted by Crippen LogP contribution is 2.19. The van der Waals surface area contributed by atoms with Crippen LogP contribution < -0.4 is 10.6 Å². The monoisotopic (exact) mass is 402 g/mol. The molecule has 0 saturated carbocycles. The van der Waals surface area contributed by atoms with Gasteiger partial charge in [-0.1, -0.05) is 92.6 Å². The Morgan fingerprint density at radius 1 is 0.767 bits per heavy atom. The van der Waals surface area contributed by atoms with E-state index in [0.29, 0.717) is 12.1 Å². The third-order valence-electron chi connectivity index (χ3n) is 4.24. The van der Waals surface area contributed by atoms with Crippen LogP contribution in [0.15, 0.2) is 78.9 Å². The molecule has 0 radical (unpaired) electrons. The second-order valence-electron chi connectivity index (χ2n) is 7.10. The molecule has 0 fully saturated rings. The number of hydrogen-bond acceptors (Lipinski definition) is 2. The molecule has 0 heterocycles. The number of aryl methyl sites for hydroxylation is 1. The summed E-state index contributed by atoms with van der Waals surface area (Å²) in [7, 11) is 0. The van der Waals surface area contributed by atoms with Crippen molar-refractivity contribution in [3.8, 4) is 11.1 Å². The van der Waals surface area contributed by atoms with E-state index in [4.69, 9.17) is 0 Å². The molecule has 2 amide bonds. The first-order valence-corrected chi connectivity index (χ1v) is 10.3. The summed E-state index contributed by atoms with van der Waals surface area (Å²) in [5.74, 6) is -0.480. The molecule has 0 aliphatic heterocycles. The van der Waals surface area contributed by atoms with E-state index in [0.717, 1.165) is 22.3 Å². The van der Waals surface area contributed by atoms with Crippen molar-refractivity contribution in [2.75, 3.05) is 6.54 Å². The molecule has 30 heavy (non-hydrogen) atoms. The van der Waals surface area contributed by atoms with Crippen molar-refractivity contribution >= 4 is 11.8 Å². The van der Waals surface area contributed by atoms with Crippen LogP contribution in [0, 0.1) is 6.92 Å². The Bertz CT molecular complexity index is 935. The number of carbonyl (C=O) groups excluding carboxylic acids is 2. The minimum atomic E-state index is -0.264. The van der Waals surface area contributed by atoms with Gasteiger partial charge in [-0.15, -0.1) is 0 Å². The van der Waals surface area contributed by atoms with Crippen molar-refractivity contribution in [3.05, 3.63) is 95.6 Å². The molecule has 0 aliphatic carbocycles. The number of benzene rings is 3. The lowest BCUT2D eigenvalue weighted by molar-refractivity contribution is -0.120. The molecule has 0 unspecified atom stereocenters. The van der Waals surface area contributed by atoms with Crippen molar-refractivity contribution < 1.29 is 9.59 Å². The van der Waals surface area contributed by atoms with E-state index < -0.39 is 0 Å². The van der Waals surface area contributed by atoms with Gasteiger partial charge in [0.05, 0.1) is 6.54 Å². The van der Waals surface area contributed by atoms with Crippen molar-refractivity contribution in [1.82, 2.24) is 10.6 Å². The van der Waals surface area contributed by atoms with Crippen LogP contribution in [0.5, 0.6) is 0 Å². The largest absolute Gasteiger partial charge is 0.350 e. The van der Waals surface area contributed by atoms with Crippen LogP contribution in [0.1, 0.15) is 41.8 Å². The van der Waals surface area contributed by atoms with Gasteiger partial charge in [0.1, 0.15) is 0 Å². The average Bonchev–Trinajstić information content (AvgIpc) is 2.77. The molecule has 0 bridgehead atoms. The van der Waals surface area contributed by atoms with E-state index in [2.05, 4.69) is 24.5 Å². The summed E-state index contributed by atoms with van der Waals surface area (Å²) < 4.78 is 0. The summed E-state index contributed by atoms with van der Waals surface area (Å²) in [6.45, 7) is 6.65. The van der Waals surface area contributed by atoms with Gasteiger partial charge < -0.3 is 10.6 Å². The van der Waals surface area contributed by atoms with E-state index in [1.54, 1.807) is 12.1 Å². The molecule has 0 spiro atoms. The van der Waals surface area contributed by atoms with E-state index in [-0.39, 0.29) is 18.4 Å². The zero-order valence-electron chi connectivity index (χ0n) is 17.9. The van der Waals surface area contributed by atoms with Gasteiger partial charge in [-0.05, 0) is 35.7 Å². The highest BCUT2D eigenvalue weighted by molar-refractivity contribution is 5.96. The molecule has 3 aromatic rings. The maximum atomic E-state index is 12.2. The summed E-state index contributed by atoms with van der Waals surface area (Å²) in [4.78, 5) is 24.2. The van der Waals surface area contributed by atoms with Crippen molar-refractivity contribution in [3.63, 3.8) is 0 Å². The van der Waals surface area contributed by atoms with Crippen LogP contribution in [0.4, 0.5) is 0 Å². The Kier molecular flexibility index (Phi) is 9.32. The Morgan fingerprint density at radius 3 is 2.03 bits per heavy atom. The molecule has 0 atom stereocenters. The van der Waals surface area contributed by atoms with Crippen molar-refractivity contribution in [2.45, 2.75) is 33.7 Å². The number of hydrogen-bond donors (Lipinski definition) is 2. The minimum Gasteiger partial charge on any atom is -0.350 e. The summed E-state index contributed by atoms with van der Waals surface area (Å²) in [5, 5.41) is 5.46. The topological polar surface area (TPSA) is 58.2 Å². The maximum absolute atomic E-state index is 12.2. The van der Waals surface area contributed by atoms with Crippen LogP contribution in [0.2, 0.25) is 0 Å². The first-order valence-electron chi connectivity index (χ1n) is 10.3. The van der Waals surface area contributed by atoms with E-state index >= 15 is 0 Å². The first kappa shape index (κ1) is 22.9. The van der Waals surface area contributed by atoms with E-state index in [1.807, 2.05) is 73.7 Å². The summed E-state index contributed by atoms with van der Waals surface area (Å²) in [5.41, 5.74) is 4.85. The van der Waals surface area contributed by atoms with Gasteiger partial charge in [-0.25, -0.2) is 0 Å². The van der Waals surface area contributed by atoms with Crippen LogP contribution in [0.25, 0.3) is 11.1 Å². The predicted octanol–water partition coefficient (Wildman–Crippen LogP) is 5.12. The van der Waals surface area contributed by atoms with Crippen molar-refractivity contribution in [2.24, 2.45) is 0 Å². The van der Waals surface area contributed by atoms with Gasteiger partial charge in [0.25, 0.3) is 5.91 Å². The fraction of sp³-hybridized carbons (Fsp3) is 0.231. The predicted molar refractivity (Wildman–Crippen MR) is 123 cm³/mol. The molecule has 4 nitrogen and oxygen atoms in total. The standard InChI is InChI=1S/C23H22N2O2.C3H8/c1-17-6-5-7-18(14-17)15-24-22(26)16-25-23(27)21-12-10-20(11-13-21)19-8-3-2-4-9-19;1-3-2/h2-14H,15-16H2,1H3,(H,24,26)(H,25,27);3H2,1-2H3. The molecule has 3 aromatic carbocycles. The zero-order valence-corrected chi connectivity index (χ0v) is 17.9. The van der Waals surface area contributed by atoms with Gasteiger partial charge in [0.15, 0.2) is 0 Å². The number of nitrogens with one attached hydrogen (secondary N) is 2. The van der Waals surface area contributed by atoms with Crippen LogP contribution in [-0.4, -0.2) is 18.4 Å². The van der Waals surface area contributed by atoms with Gasteiger partial charge >= 0.3 is 0 Å². The van der Waals surface area contributed by atoms with Gasteiger partial charge in [0.2, 0.25) is 5.91 Å². The Balaban J connectivity index is 0.00000101. The zero-order chi connectivity index (χ0) is 21.8. The maximum Gasteiger partial charge on any atom is 0.251 e. The van der Waals surface area contributed by atoms with Crippen LogP contribution in [-0.2, 0) is 11.3 Å². The van der Waals surface area contributed by atoms with Crippen LogP contribution >= 0.6 is 0 Å². The smallest absolute Gasteiger partial charge is 0.251 e. The lowest BCUT2D eigenvalue weighted by Gasteiger charge is -2.08. The number of carbonyl (C=O) groups is 2. The molecule has 0 saturated heterocycles. The third kappa shape index (κ3) is 7.55. The molecule has 0 aromatic heterocycles. The Morgan fingerprint density at radius 2 is 1.40 bits per heavy atom. The summed E-state index contributed by atoms with van der Waals surface area (Å²) >= 11 is 0. The highest BCUT2D eigenvalue weighted by Gasteiger charge is 2.08. The third-order valence-corrected chi connectivity index (χ3v) is 4.24. The molecular weight excluding hydrogens is 372 g/mol. The van der Waals surface area contributed by atoms with Crippen LogP contribution in [0.3, 0.4) is 0 Å². The second-order valence-corrected chi connectivity index (χ2v) is 7.10. The normalized spacial score (nSPS) is 9.83. The molecule has 2 N–H and O–H groups in total. The van der Waals surface area contributed by atoms with Gasteiger partial charge in [0, 0.05) is 12.1 Å². The average molecular weight is 403 g/mol. The minimum absolute atomic E-state index is 0.0505. The Labute approximate surface area is 179 Å². The summed E-state index contributed by atoms with van der Waals surface area (Å²) in [6, 6.07) is 25.3. The second kappa shape index (κ2) is 12.2. The fourth-order valence-electron chi connectivity index (χ4n) is 2.79. The lowest BCUT2D eigenvalue weighted by Crippen LogP contribution is -2.36. The molecule has 0 aliphatic rings. The van der Waals surface area contributed by atoms with E-state index in [1.165, 1.54) is 6.42 Å². The molecule has 3 rings (SSSR count). The quantitative estimate of drug-likeness (QED) is 0.601. The highest BCUT2D eigenvalue weighted by atomic mass is 16.2. The number of rotatable bonds is 6. The molecule has 156 valence electrons. The van der Waals surface area contributed by atoms with Gasteiger partial charge in [-0.3, -0.25) is 9.59 Å². The molecular formula is C26H30N2O2. The van der Waals surface area contributed by atoms with Crippen molar-refractivity contribution in [1.29, 1.82) is 0 Å². The van der Waals surface area contributed by atoms with E-state index in [9.17, 15) is 9.59 Å². The Hall–Kier alpha value is -3.40. The number of amides is 2. The molecule has 4 heteroatoms. The lowest BCUT2D eigenvalue weighted by atomic mass is 10.0. The summed E-state index contributed by atoms with van der Waals surface area (Å²) in [6.07, 6.45) is 1.25. The fourth-order valence-corrected chi connectivity index (χ4v) is 2.79. The first-order chi connectivity index (χ1) is 14.5. The van der Waals surface area contributed by atoms with Gasteiger partial charge in [-0.2, -0.15) is 0 Å².